The lowest BCUT2D eigenvalue weighted by Gasteiger charge is -2.14. The van der Waals surface area contributed by atoms with Gasteiger partial charge in [-0.2, -0.15) is 0 Å². The fourth-order valence-corrected chi connectivity index (χ4v) is 1.89. The molecule has 1 atom stereocenters. The first-order valence-electron chi connectivity index (χ1n) is 6.32. The zero-order valence-electron chi connectivity index (χ0n) is 11.1. The van der Waals surface area contributed by atoms with E-state index in [1.54, 1.807) is 18.2 Å². The van der Waals surface area contributed by atoms with Crippen LogP contribution in [0, 0.1) is 0 Å². The molecule has 7 heteroatoms. The molecular weight excluding hydrogens is 274 g/mol. The van der Waals surface area contributed by atoms with Crippen LogP contribution in [-0.2, 0) is 22.4 Å². The molecule has 0 radical (unpaired) electrons. The van der Waals surface area contributed by atoms with Crippen molar-refractivity contribution >= 4 is 11.9 Å². The van der Waals surface area contributed by atoms with E-state index < -0.39 is 17.9 Å². The minimum atomic E-state index is -1.13. The van der Waals surface area contributed by atoms with Crippen LogP contribution in [0.1, 0.15) is 11.3 Å². The molecule has 0 saturated carbocycles. The number of carboxylic acid groups (broad SMARTS) is 1. The number of benzene rings is 1. The molecule has 7 nitrogen and oxygen atoms in total. The number of hydrogen-bond acceptors (Lipinski definition) is 4. The van der Waals surface area contributed by atoms with Gasteiger partial charge in [0.15, 0.2) is 0 Å². The van der Waals surface area contributed by atoms with Gasteiger partial charge >= 0.3 is 5.97 Å². The van der Waals surface area contributed by atoms with Crippen molar-refractivity contribution in [3.63, 3.8) is 0 Å². The van der Waals surface area contributed by atoms with Crippen molar-refractivity contribution in [2.75, 3.05) is 0 Å². The Balaban J connectivity index is 1.98. The summed E-state index contributed by atoms with van der Waals surface area (Å²) in [5.74, 6) is -1.59. The summed E-state index contributed by atoms with van der Waals surface area (Å²) in [4.78, 5) is 29.7. The Morgan fingerprint density at radius 1 is 1.33 bits per heavy atom. The van der Waals surface area contributed by atoms with Gasteiger partial charge in [-0.3, -0.25) is 4.79 Å². The molecule has 1 unspecified atom stereocenters. The van der Waals surface area contributed by atoms with E-state index in [2.05, 4.69) is 15.3 Å². The number of amides is 1. The smallest absolute Gasteiger partial charge is 0.326 e. The fraction of sp³-hybridized carbons (Fsp3) is 0.214. The van der Waals surface area contributed by atoms with E-state index in [-0.39, 0.29) is 18.6 Å². The minimum absolute atomic E-state index is 0.00749. The van der Waals surface area contributed by atoms with E-state index in [4.69, 9.17) is 5.11 Å². The molecule has 0 aliphatic carbocycles. The molecule has 1 aromatic heterocycles. The Morgan fingerprint density at radius 3 is 2.71 bits per heavy atom. The van der Waals surface area contributed by atoms with Crippen LogP contribution in [0.2, 0.25) is 0 Å². The van der Waals surface area contributed by atoms with E-state index in [0.717, 1.165) is 0 Å². The molecule has 0 bridgehead atoms. The average Bonchev–Trinajstić information content (AvgIpc) is 2.93. The summed E-state index contributed by atoms with van der Waals surface area (Å²) in [6.45, 7) is 0. The molecule has 0 spiro atoms. The summed E-state index contributed by atoms with van der Waals surface area (Å²) in [5.41, 5.74) is 1.06. The normalized spacial score (nSPS) is 11.8. The number of H-pyrrole nitrogens is 1. The van der Waals surface area contributed by atoms with Crippen molar-refractivity contribution < 1.29 is 19.8 Å². The van der Waals surface area contributed by atoms with Crippen molar-refractivity contribution in [3.8, 4) is 5.75 Å². The second-order valence-corrected chi connectivity index (χ2v) is 4.54. The maximum Gasteiger partial charge on any atom is 0.326 e. The third kappa shape index (κ3) is 4.07. The van der Waals surface area contributed by atoms with Crippen LogP contribution >= 0.6 is 0 Å². The number of rotatable bonds is 6. The zero-order chi connectivity index (χ0) is 15.2. The Hall–Kier alpha value is -2.83. The van der Waals surface area contributed by atoms with E-state index >= 15 is 0 Å². The maximum absolute atomic E-state index is 11.9. The monoisotopic (exact) mass is 289 g/mol. The number of nitrogens with zero attached hydrogens (tertiary/aromatic N) is 1. The standard InChI is InChI=1S/C14H15N3O4/c18-12-4-2-1-3-9(12)5-13(19)17-11(14(20)21)6-10-7-15-8-16-10/h1-4,7-8,11,18H,5-6H2,(H,15,16)(H,17,19)(H,20,21). The van der Waals surface area contributed by atoms with E-state index in [1.807, 2.05) is 0 Å². The third-order valence-corrected chi connectivity index (χ3v) is 2.95. The third-order valence-electron chi connectivity index (χ3n) is 2.95. The molecule has 0 aliphatic heterocycles. The molecule has 1 heterocycles. The van der Waals surface area contributed by atoms with E-state index in [9.17, 15) is 14.7 Å². The lowest BCUT2D eigenvalue weighted by Crippen LogP contribution is -2.43. The predicted octanol–water partition coefficient (Wildman–Crippen LogP) is 0.470. The lowest BCUT2D eigenvalue weighted by atomic mass is 10.1. The van der Waals surface area contributed by atoms with Gasteiger partial charge in [-0.1, -0.05) is 18.2 Å². The van der Waals surface area contributed by atoms with Gasteiger partial charge in [0.1, 0.15) is 11.8 Å². The number of aromatic nitrogens is 2. The Morgan fingerprint density at radius 2 is 2.10 bits per heavy atom. The van der Waals surface area contributed by atoms with E-state index in [0.29, 0.717) is 11.3 Å². The summed E-state index contributed by atoms with van der Waals surface area (Å²) < 4.78 is 0. The van der Waals surface area contributed by atoms with Crippen LogP contribution in [0.15, 0.2) is 36.8 Å². The van der Waals surface area contributed by atoms with Crippen LogP contribution < -0.4 is 5.32 Å². The van der Waals surface area contributed by atoms with Crippen molar-refractivity contribution in [3.05, 3.63) is 48.0 Å². The number of carbonyl (C=O) groups excluding carboxylic acids is 1. The van der Waals surface area contributed by atoms with E-state index in [1.165, 1.54) is 18.6 Å². The Bertz CT molecular complexity index is 625. The topological polar surface area (TPSA) is 115 Å². The van der Waals surface area contributed by atoms with Gasteiger partial charge < -0.3 is 20.5 Å². The second kappa shape index (κ2) is 6.56. The first kappa shape index (κ1) is 14.6. The summed E-state index contributed by atoms with van der Waals surface area (Å²) in [6, 6.07) is 5.38. The van der Waals surface area contributed by atoms with Gasteiger partial charge in [0.2, 0.25) is 5.91 Å². The van der Waals surface area contributed by atoms with Gasteiger partial charge in [-0.25, -0.2) is 9.78 Å². The molecule has 2 aromatic rings. The lowest BCUT2D eigenvalue weighted by molar-refractivity contribution is -0.141. The maximum atomic E-state index is 11.9. The molecule has 0 aliphatic rings. The van der Waals surface area contributed by atoms with Crippen LogP contribution in [0.5, 0.6) is 5.75 Å². The largest absolute Gasteiger partial charge is 0.508 e. The summed E-state index contributed by atoms with van der Waals surface area (Å²) in [6.07, 6.45) is 2.98. The Labute approximate surface area is 120 Å². The number of carbonyl (C=O) groups is 2. The summed E-state index contributed by atoms with van der Waals surface area (Å²) >= 11 is 0. The predicted molar refractivity (Wildman–Crippen MR) is 73.7 cm³/mol. The van der Waals surface area contributed by atoms with Crippen LogP contribution in [0.4, 0.5) is 0 Å². The number of para-hydroxylation sites is 1. The SMILES string of the molecule is O=C(Cc1ccccc1O)NC(Cc1cnc[nH]1)C(=O)O. The highest BCUT2D eigenvalue weighted by atomic mass is 16.4. The molecule has 1 aromatic carbocycles. The van der Waals surface area contributed by atoms with Crippen LogP contribution in [-0.4, -0.2) is 38.1 Å². The first-order valence-corrected chi connectivity index (χ1v) is 6.32. The molecule has 1 amide bonds. The summed E-state index contributed by atoms with van der Waals surface area (Å²) in [5, 5.41) is 21.2. The number of aromatic hydroxyl groups is 1. The zero-order valence-corrected chi connectivity index (χ0v) is 11.1. The number of phenols is 1. The van der Waals surface area contributed by atoms with Gasteiger partial charge in [-0.15, -0.1) is 0 Å². The first-order chi connectivity index (χ1) is 10.1. The van der Waals surface area contributed by atoms with Crippen molar-refractivity contribution in [1.29, 1.82) is 0 Å². The second-order valence-electron chi connectivity index (χ2n) is 4.54. The van der Waals surface area contributed by atoms with Crippen LogP contribution in [0.3, 0.4) is 0 Å². The molecule has 2 rings (SSSR count). The molecule has 21 heavy (non-hydrogen) atoms. The number of nitrogens with one attached hydrogen (secondary N) is 2. The molecule has 0 fully saturated rings. The van der Waals surface area contributed by atoms with Crippen LogP contribution in [0.25, 0.3) is 0 Å². The highest BCUT2D eigenvalue weighted by Crippen LogP contribution is 2.16. The number of phenolic OH excluding ortho intramolecular Hbond substituents is 1. The molecule has 4 N–H and O–H groups in total. The number of aromatic amines is 1. The number of imidazole rings is 1. The molecule has 0 saturated heterocycles. The minimum Gasteiger partial charge on any atom is -0.508 e. The quantitative estimate of drug-likeness (QED) is 0.617. The van der Waals surface area contributed by atoms with Gasteiger partial charge in [0.05, 0.1) is 12.7 Å². The van der Waals surface area contributed by atoms with Crippen molar-refractivity contribution in [2.24, 2.45) is 0 Å². The number of hydrogen-bond donors (Lipinski definition) is 4. The number of aliphatic carboxylic acids is 1. The highest BCUT2D eigenvalue weighted by molar-refractivity contribution is 5.85. The van der Waals surface area contributed by atoms with Crippen molar-refractivity contribution in [2.45, 2.75) is 18.9 Å². The van der Waals surface area contributed by atoms with Gasteiger partial charge in [-0.05, 0) is 6.07 Å². The van der Waals surface area contributed by atoms with Gasteiger partial charge in [0.25, 0.3) is 0 Å². The molecular formula is C14H15N3O4. The average molecular weight is 289 g/mol. The number of carboxylic acids is 1. The van der Waals surface area contributed by atoms with Gasteiger partial charge in [0, 0.05) is 23.9 Å². The highest BCUT2D eigenvalue weighted by Gasteiger charge is 2.21. The fourth-order valence-electron chi connectivity index (χ4n) is 1.89. The van der Waals surface area contributed by atoms with Crippen molar-refractivity contribution in [1.82, 2.24) is 15.3 Å². The molecule has 110 valence electrons. The Kier molecular flexibility index (Phi) is 4.55. The summed E-state index contributed by atoms with van der Waals surface area (Å²) in [7, 11) is 0.